The molecule has 1 N–H and O–H groups in total. The van der Waals surface area contributed by atoms with E-state index in [0.29, 0.717) is 12.1 Å². The molecule has 0 radical (unpaired) electrons. The molecule has 106 valence electrons. The van der Waals surface area contributed by atoms with Gasteiger partial charge >= 0.3 is 0 Å². The molecule has 1 aliphatic heterocycles. The minimum absolute atomic E-state index is 0.697. The van der Waals surface area contributed by atoms with Crippen molar-refractivity contribution in [2.75, 3.05) is 13.1 Å². The van der Waals surface area contributed by atoms with Gasteiger partial charge in [-0.3, -0.25) is 0 Å². The van der Waals surface area contributed by atoms with Crippen molar-refractivity contribution in [3.63, 3.8) is 0 Å². The van der Waals surface area contributed by atoms with Gasteiger partial charge in [-0.15, -0.1) is 11.3 Å². The van der Waals surface area contributed by atoms with Crippen LogP contribution in [0.25, 0.3) is 0 Å². The van der Waals surface area contributed by atoms with Gasteiger partial charge in [0.25, 0.3) is 0 Å². The zero-order chi connectivity index (χ0) is 13.2. The standard InChI is InChI=1S/C15H25N3S/c1-11(2)18-7-12-4-3-5-13(8-18)15(12)16-6-14-9-19-10-17-14/h9-13,15-16H,3-8H2,1-2H3. The highest BCUT2D eigenvalue weighted by molar-refractivity contribution is 7.07. The maximum Gasteiger partial charge on any atom is 0.0795 e. The first-order chi connectivity index (χ1) is 9.24. The van der Waals surface area contributed by atoms with E-state index in [2.05, 4.69) is 34.4 Å². The van der Waals surface area contributed by atoms with E-state index in [1.165, 1.54) is 38.0 Å². The second-order valence-electron chi connectivity index (χ2n) is 6.39. The van der Waals surface area contributed by atoms with Crippen molar-refractivity contribution in [3.05, 3.63) is 16.6 Å². The number of fused-ring (bicyclic) bond motifs is 2. The second-order valence-corrected chi connectivity index (χ2v) is 7.10. The molecular formula is C15H25N3S. The normalized spacial score (nSPS) is 31.8. The van der Waals surface area contributed by atoms with E-state index >= 15 is 0 Å². The fourth-order valence-electron chi connectivity index (χ4n) is 3.78. The number of likely N-dealkylation sites (tertiary alicyclic amines) is 1. The fraction of sp³-hybridized carbons (Fsp3) is 0.800. The third-order valence-corrected chi connectivity index (χ3v) is 5.47. The number of hydrogen-bond acceptors (Lipinski definition) is 4. The third kappa shape index (κ3) is 3.01. The molecule has 2 aliphatic rings. The van der Waals surface area contributed by atoms with Crippen LogP contribution in [-0.2, 0) is 6.54 Å². The van der Waals surface area contributed by atoms with Crippen LogP contribution < -0.4 is 5.32 Å². The molecule has 2 bridgehead atoms. The molecule has 2 unspecified atom stereocenters. The van der Waals surface area contributed by atoms with Crippen molar-refractivity contribution < 1.29 is 0 Å². The molecular weight excluding hydrogens is 254 g/mol. The molecule has 0 amide bonds. The smallest absolute Gasteiger partial charge is 0.0795 e. The molecule has 2 heterocycles. The molecule has 4 heteroatoms. The summed E-state index contributed by atoms with van der Waals surface area (Å²) in [6, 6.07) is 1.41. The predicted molar refractivity (Wildman–Crippen MR) is 80.3 cm³/mol. The lowest BCUT2D eigenvalue weighted by molar-refractivity contribution is 0.0289. The average molecular weight is 279 g/mol. The number of hydrogen-bond donors (Lipinski definition) is 1. The molecule has 0 spiro atoms. The Morgan fingerprint density at radius 3 is 2.68 bits per heavy atom. The van der Waals surface area contributed by atoms with Gasteiger partial charge in [-0.2, -0.15) is 0 Å². The van der Waals surface area contributed by atoms with Crippen molar-refractivity contribution in [2.45, 2.75) is 51.7 Å². The Labute approximate surface area is 120 Å². The van der Waals surface area contributed by atoms with Gasteiger partial charge in [0.1, 0.15) is 0 Å². The molecule has 19 heavy (non-hydrogen) atoms. The molecule has 3 rings (SSSR count). The lowest BCUT2D eigenvalue weighted by Gasteiger charge is -2.49. The molecule has 0 aromatic carbocycles. The van der Waals surface area contributed by atoms with E-state index in [-0.39, 0.29) is 0 Å². The summed E-state index contributed by atoms with van der Waals surface area (Å²) in [7, 11) is 0. The summed E-state index contributed by atoms with van der Waals surface area (Å²) in [5.41, 5.74) is 3.13. The zero-order valence-corrected chi connectivity index (χ0v) is 12.8. The maximum atomic E-state index is 4.38. The van der Waals surface area contributed by atoms with E-state index in [4.69, 9.17) is 0 Å². The number of aromatic nitrogens is 1. The Kier molecular flexibility index (Phi) is 4.20. The average Bonchev–Trinajstić information content (AvgIpc) is 2.88. The Bertz CT molecular complexity index is 376. The molecule has 1 aromatic rings. The fourth-order valence-corrected chi connectivity index (χ4v) is 4.33. The van der Waals surface area contributed by atoms with Crippen LogP contribution >= 0.6 is 11.3 Å². The molecule has 1 saturated carbocycles. The summed E-state index contributed by atoms with van der Waals surface area (Å²) in [4.78, 5) is 7.06. The summed E-state index contributed by atoms with van der Waals surface area (Å²) < 4.78 is 0. The largest absolute Gasteiger partial charge is 0.308 e. The van der Waals surface area contributed by atoms with Gasteiger partial charge < -0.3 is 10.2 Å². The van der Waals surface area contributed by atoms with Gasteiger partial charge in [0.05, 0.1) is 11.2 Å². The number of thiazole rings is 1. The van der Waals surface area contributed by atoms with Crippen molar-refractivity contribution in [1.29, 1.82) is 0 Å². The molecule has 3 nitrogen and oxygen atoms in total. The maximum absolute atomic E-state index is 4.38. The summed E-state index contributed by atoms with van der Waals surface area (Å²) >= 11 is 1.69. The van der Waals surface area contributed by atoms with E-state index < -0.39 is 0 Å². The Morgan fingerprint density at radius 2 is 2.11 bits per heavy atom. The van der Waals surface area contributed by atoms with Crippen LogP contribution in [0.15, 0.2) is 10.9 Å². The summed E-state index contributed by atoms with van der Waals surface area (Å²) in [6.45, 7) is 8.17. The highest BCUT2D eigenvalue weighted by Crippen LogP contribution is 2.35. The molecule has 1 aliphatic carbocycles. The van der Waals surface area contributed by atoms with E-state index in [1.54, 1.807) is 11.3 Å². The lowest BCUT2D eigenvalue weighted by Crippen LogP contribution is -2.58. The Balaban J connectivity index is 1.62. The number of nitrogens with one attached hydrogen (secondary N) is 1. The topological polar surface area (TPSA) is 28.2 Å². The zero-order valence-electron chi connectivity index (χ0n) is 12.0. The van der Waals surface area contributed by atoms with Crippen molar-refractivity contribution >= 4 is 11.3 Å². The van der Waals surface area contributed by atoms with Gasteiger partial charge in [0, 0.05) is 37.1 Å². The predicted octanol–water partition coefficient (Wildman–Crippen LogP) is 2.74. The van der Waals surface area contributed by atoms with Gasteiger partial charge in [-0.1, -0.05) is 6.42 Å². The van der Waals surface area contributed by atoms with Gasteiger partial charge in [0.15, 0.2) is 0 Å². The number of nitrogens with zero attached hydrogens (tertiary/aromatic N) is 2. The van der Waals surface area contributed by atoms with Gasteiger partial charge in [0.2, 0.25) is 0 Å². The summed E-state index contributed by atoms with van der Waals surface area (Å²) in [5, 5.41) is 5.96. The first-order valence-corrected chi connectivity index (χ1v) is 8.53. The lowest BCUT2D eigenvalue weighted by atomic mass is 9.73. The van der Waals surface area contributed by atoms with Crippen LogP contribution in [0, 0.1) is 11.8 Å². The van der Waals surface area contributed by atoms with Crippen LogP contribution in [0.5, 0.6) is 0 Å². The van der Waals surface area contributed by atoms with Crippen LogP contribution in [0.1, 0.15) is 38.8 Å². The first kappa shape index (κ1) is 13.5. The molecule has 2 fully saturated rings. The minimum atomic E-state index is 0.697. The quantitative estimate of drug-likeness (QED) is 0.918. The van der Waals surface area contributed by atoms with Crippen LogP contribution in [0.3, 0.4) is 0 Å². The van der Waals surface area contributed by atoms with Crippen LogP contribution in [0.2, 0.25) is 0 Å². The van der Waals surface area contributed by atoms with Crippen molar-refractivity contribution in [1.82, 2.24) is 15.2 Å². The van der Waals surface area contributed by atoms with E-state index in [1.807, 2.05) is 5.51 Å². The molecule has 1 saturated heterocycles. The number of rotatable bonds is 4. The van der Waals surface area contributed by atoms with Crippen LogP contribution in [0.4, 0.5) is 0 Å². The highest BCUT2D eigenvalue weighted by Gasteiger charge is 2.39. The third-order valence-electron chi connectivity index (χ3n) is 4.84. The van der Waals surface area contributed by atoms with Crippen LogP contribution in [-0.4, -0.2) is 35.1 Å². The minimum Gasteiger partial charge on any atom is -0.308 e. The Hall–Kier alpha value is -0.450. The molecule has 2 atom stereocenters. The van der Waals surface area contributed by atoms with Crippen molar-refractivity contribution in [3.8, 4) is 0 Å². The SMILES string of the molecule is CC(C)N1CC2CCCC(C1)C2NCc1cscn1. The highest BCUT2D eigenvalue weighted by atomic mass is 32.1. The van der Waals surface area contributed by atoms with Crippen molar-refractivity contribution in [2.24, 2.45) is 11.8 Å². The van der Waals surface area contributed by atoms with E-state index in [0.717, 1.165) is 18.4 Å². The summed E-state index contributed by atoms with van der Waals surface area (Å²) in [6.07, 6.45) is 4.22. The van der Waals surface area contributed by atoms with Gasteiger partial charge in [-0.05, 0) is 38.5 Å². The number of piperidine rings is 1. The monoisotopic (exact) mass is 279 g/mol. The summed E-state index contributed by atoms with van der Waals surface area (Å²) in [5.74, 6) is 1.68. The van der Waals surface area contributed by atoms with E-state index in [9.17, 15) is 0 Å². The second kappa shape index (κ2) is 5.90. The first-order valence-electron chi connectivity index (χ1n) is 7.58. The Morgan fingerprint density at radius 1 is 1.37 bits per heavy atom. The van der Waals surface area contributed by atoms with Gasteiger partial charge in [-0.25, -0.2) is 4.98 Å². The molecule has 1 aromatic heterocycles.